The van der Waals surface area contributed by atoms with Crippen LogP contribution in [0.5, 0.6) is 0 Å². The van der Waals surface area contributed by atoms with Crippen LogP contribution in [0.3, 0.4) is 0 Å². The van der Waals surface area contributed by atoms with Crippen LogP contribution in [0.1, 0.15) is 52.5 Å². The Morgan fingerprint density at radius 2 is 2.09 bits per heavy atom. The topological polar surface area (TPSA) is 41.6 Å². The first-order valence-corrected chi connectivity index (χ1v) is 8.68. The normalized spacial score (nSPS) is 15.0. The van der Waals surface area contributed by atoms with Gasteiger partial charge in [0.05, 0.1) is 0 Å². The molecule has 0 spiro atoms. The van der Waals surface area contributed by atoms with Crippen molar-refractivity contribution in [1.82, 2.24) is 4.90 Å². The largest absolute Gasteiger partial charge is 0.444 e. The highest BCUT2D eigenvalue weighted by Gasteiger charge is 2.21. The number of nitrogens with one attached hydrogen (secondary N) is 1. The first kappa shape index (κ1) is 17.6. The van der Waals surface area contributed by atoms with Gasteiger partial charge >= 0.3 is 6.09 Å². The van der Waals surface area contributed by atoms with Gasteiger partial charge in [-0.15, -0.1) is 0 Å². The van der Waals surface area contributed by atoms with E-state index in [0.29, 0.717) is 13.1 Å². The molecule has 128 valence electrons. The lowest BCUT2D eigenvalue weighted by Gasteiger charge is -2.27. The molecule has 1 aliphatic carbocycles. The highest BCUT2D eigenvalue weighted by atomic mass is 16.6. The summed E-state index contributed by atoms with van der Waals surface area (Å²) in [7, 11) is 0. The monoisotopic (exact) mass is 318 g/mol. The molecule has 1 amide bonds. The van der Waals surface area contributed by atoms with E-state index in [2.05, 4.69) is 23.5 Å². The van der Waals surface area contributed by atoms with Crippen LogP contribution in [0.25, 0.3) is 0 Å². The molecule has 1 aliphatic rings. The van der Waals surface area contributed by atoms with Crippen molar-refractivity contribution in [2.24, 2.45) is 5.92 Å². The molecule has 1 N–H and O–H groups in total. The average molecular weight is 318 g/mol. The van der Waals surface area contributed by atoms with Crippen LogP contribution in [0, 0.1) is 5.92 Å². The fourth-order valence-corrected chi connectivity index (χ4v) is 2.59. The third kappa shape index (κ3) is 5.77. The summed E-state index contributed by atoms with van der Waals surface area (Å²) in [6.07, 6.45) is 3.80. The third-order valence-electron chi connectivity index (χ3n) is 4.15. The minimum atomic E-state index is -0.462. The molecule has 0 atom stereocenters. The first-order valence-electron chi connectivity index (χ1n) is 8.68. The van der Waals surface area contributed by atoms with Crippen molar-refractivity contribution in [1.29, 1.82) is 0 Å². The molecule has 0 heterocycles. The molecular weight excluding hydrogens is 288 g/mol. The Morgan fingerprint density at radius 3 is 2.65 bits per heavy atom. The highest BCUT2D eigenvalue weighted by molar-refractivity contribution is 5.68. The van der Waals surface area contributed by atoms with E-state index in [-0.39, 0.29) is 6.09 Å². The Kier molecular flexibility index (Phi) is 5.91. The van der Waals surface area contributed by atoms with E-state index in [9.17, 15) is 4.79 Å². The van der Waals surface area contributed by atoms with Crippen molar-refractivity contribution >= 4 is 11.8 Å². The van der Waals surface area contributed by atoms with E-state index >= 15 is 0 Å². The van der Waals surface area contributed by atoms with Gasteiger partial charge in [-0.2, -0.15) is 0 Å². The van der Waals surface area contributed by atoms with E-state index in [1.807, 2.05) is 33.8 Å². The molecular formula is C19H30N2O2. The standard InChI is InChI=1S/C19H30N2O2/c1-5-21(18(22)23-19(2,3)4)14-16-10-7-11-17(12-16)20-13-15-8-6-9-15/h7,10-12,15,20H,5-6,8-9,13-14H2,1-4H3. The molecule has 1 aromatic carbocycles. The van der Waals surface area contributed by atoms with Gasteiger partial charge < -0.3 is 15.0 Å². The molecule has 0 unspecified atom stereocenters. The van der Waals surface area contributed by atoms with Crippen LogP contribution in [0.15, 0.2) is 24.3 Å². The van der Waals surface area contributed by atoms with Crippen molar-refractivity contribution in [3.8, 4) is 0 Å². The van der Waals surface area contributed by atoms with Crippen molar-refractivity contribution in [3.63, 3.8) is 0 Å². The number of rotatable bonds is 6. The molecule has 0 aromatic heterocycles. The molecule has 4 nitrogen and oxygen atoms in total. The number of ether oxygens (including phenoxy) is 1. The lowest BCUT2D eigenvalue weighted by atomic mass is 9.85. The van der Waals surface area contributed by atoms with E-state index in [1.54, 1.807) is 4.90 Å². The first-order chi connectivity index (χ1) is 10.9. The maximum Gasteiger partial charge on any atom is 0.410 e. The van der Waals surface area contributed by atoms with E-state index in [4.69, 9.17) is 4.74 Å². The summed E-state index contributed by atoms with van der Waals surface area (Å²) in [5.74, 6) is 0.826. The summed E-state index contributed by atoms with van der Waals surface area (Å²) in [4.78, 5) is 14.0. The number of nitrogens with zero attached hydrogens (tertiary/aromatic N) is 1. The predicted molar refractivity (Wildman–Crippen MR) is 94.6 cm³/mol. The number of amides is 1. The lowest BCUT2D eigenvalue weighted by molar-refractivity contribution is 0.0244. The molecule has 2 rings (SSSR count). The second-order valence-corrected chi connectivity index (χ2v) is 7.37. The molecule has 0 bridgehead atoms. The number of hydrogen-bond acceptors (Lipinski definition) is 3. The minimum absolute atomic E-state index is 0.257. The van der Waals surface area contributed by atoms with E-state index < -0.39 is 5.60 Å². The van der Waals surface area contributed by atoms with Gasteiger partial charge in [-0.05, 0) is 64.2 Å². The van der Waals surface area contributed by atoms with Gasteiger partial charge in [0.1, 0.15) is 5.60 Å². The van der Waals surface area contributed by atoms with Gasteiger partial charge in [-0.25, -0.2) is 4.79 Å². The van der Waals surface area contributed by atoms with Crippen LogP contribution in [0.2, 0.25) is 0 Å². The third-order valence-corrected chi connectivity index (χ3v) is 4.15. The zero-order valence-electron chi connectivity index (χ0n) is 14.9. The van der Waals surface area contributed by atoms with Gasteiger partial charge in [0.15, 0.2) is 0 Å². The number of anilines is 1. The van der Waals surface area contributed by atoms with Crippen LogP contribution < -0.4 is 5.32 Å². The van der Waals surface area contributed by atoms with Crippen molar-refractivity contribution in [2.75, 3.05) is 18.4 Å². The zero-order valence-corrected chi connectivity index (χ0v) is 14.9. The average Bonchev–Trinajstić information content (AvgIpc) is 2.41. The minimum Gasteiger partial charge on any atom is -0.444 e. The van der Waals surface area contributed by atoms with Gasteiger partial charge in [0.2, 0.25) is 0 Å². The summed E-state index contributed by atoms with van der Waals surface area (Å²) in [6, 6.07) is 8.32. The Hall–Kier alpha value is -1.71. The maximum absolute atomic E-state index is 12.2. The Bertz CT molecular complexity index is 518. The van der Waals surface area contributed by atoms with E-state index in [0.717, 1.165) is 23.7 Å². The molecule has 1 saturated carbocycles. The molecule has 0 aliphatic heterocycles. The van der Waals surface area contributed by atoms with Gasteiger partial charge in [-0.3, -0.25) is 0 Å². The van der Waals surface area contributed by atoms with Gasteiger partial charge in [0.25, 0.3) is 0 Å². The van der Waals surface area contributed by atoms with Crippen LogP contribution in [-0.2, 0) is 11.3 Å². The molecule has 0 radical (unpaired) electrons. The second kappa shape index (κ2) is 7.71. The summed E-state index contributed by atoms with van der Waals surface area (Å²) in [5, 5.41) is 3.51. The van der Waals surface area contributed by atoms with Crippen molar-refractivity contribution in [3.05, 3.63) is 29.8 Å². The van der Waals surface area contributed by atoms with Crippen LogP contribution in [-0.4, -0.2) is 29.7 Å². The maximum atomic E-state index is 12.2. The number of carbonyl (C=O) groups is 1. The van der Waals surface area contributed by atoms with Crippen LogP contribution >= 0.6 is 0 Å². The Balaban J connectivity index is 1.92. The second-order valence-electron chi connectivity index (χ2n) is 7.37. The molecule has 23 heavy (non-hydrogen) atoms. The fraction of sp³-hybridized carbons (Fsp3) is 0.632. The number of carbonyl (C=O) groups excluding carboxylic acids is 1. The fourth-order valence-electron chi connectivity index (χ4n) is 2.59. The van der Waals surface area contributed by atoms with Crippen molar-refractivity contribution < 1.29 is 9.53 Å². The van der Waals surface area contributed by atoms with Crippen LogP contribution in [0.4, 0.5) is 10.5 Å². The SMILES string of the molecule is CCN(Cc1cccc(NCC2CCC2)c1)C(=O)OC(C)(C)C. The Morgan fingerprint density at radius 1 is 1.35 bits per heavy atom. The molecule has 1 fully saturated rings. The summed E-state index contributed by atoms with van der Waals surface area (Å²) in [6.45, 7) is 9.91. The molecule has 1 aromatic rings. The number of benzene rings is 1. The highest BCUT2D eigenvalue weighted by Crippen LogP contribution is 2.26. The number of hydrogen-bond donors (Lipinski definition) is 1. The van der Waals surface area contributed by atoms with E-state index in [1.165, 1.54) is 19.3 Å². The molecule has 0 saturated heterocycles. The molecule has 4 heteroatoms. The smallest absolute Gasteiger partial charge is 0.410 e. The predicted octanol–water partition coefficient (Wildman–Crippen LogP) is 4.66. The lowest BCUT2D eigenvalue weighted by Crippen LogP contribution is -2.36. The van der Waals surface area contributed by atoms with Gasteiger partial charge in [0, 0.05) is 25.3 Å². The quantitative estimate of drug-likeness (QED) is 0.829. The summed E-state index contributed by atoms with van der Waals surface area (Å²) < 4.78 is 5.47. The zero-order chi connectivity index (χ0) is 16.9. The summed E-state index contributed by atoms with van der Waals surface area (Å²) in [5.41, 5.74) is 1.79. The Labute approximate surface area is 140 Å². The van der Waals surface area contributed by atoms with Gasteiger partial charge in [-0.1, -0.05) is 18.6 Å². The van der Waals surface area contributed by atoms with Crippen molar-refractivity contribution in [2.45, 2.75) is 59.1 Å². The summed E-state index contributed by atoms with van der Waals surface area (Å²) >= 11 is 0.